The molecule has 0 aliphatic rings. The second kappa shape index (κ2) is 27.0. The minimum Gasteiger partial charge on any atom is -0.0654 e. The first-order valence-corrected chi connectivity index (χ1v) is 14.8. The van der Waals surface area contributed by atoms with Crippen molar-refractivity contribution in [1.29, 1.82) is 0 Å². The largest absolute Gasteiger partial charge is 0.0654 e. The van der Waals surface area contributed by atoms with E-state index in [0.29, 0.717) is 0 Å². The molecule has 0 aliphatic carbocycles. The van der Waals surface area contributed by atoms with Crippen LogP contribution in [0.1, 0.15) is 188 Å². The third-order valence-corrected chi connectivity index (χ3v) is 7.15. The summed E-state index contributed by atoms with van der Waals surface area (Å²) in [5.41, 5.74) is 0. The maximum Gasteiger partial charge on any atom is -0.0414 e. The molecule has 0 amide bonds. The van der Waals surface area contributed by atoms with Crippen molar-refractivity contribution in [2.24, 2.45) is 5.92 Å². The Kier molecular flexibility index (Phi) is 27.0. The van der Waals surface area contributed by atoms with E-state index in [0.717, 1.165) is 5.92 Å². The molecule has 0 rings (SSSR count). The highest BCUT2D eigenvalue weighted by Crippen LogP contribution is 2.24. The molecule has 0 heterocycles. The van der Waals surface area contributed by atoms with Crippen LogP contribution in [0.3, 0.4) is 0 Å². The second-order valence-corrected chi connectivity index (χ2v) is 10.3. The highest BCUT2D eigenvalue weighted by molar-refractivity contribution is 4.61. The van der Waals surface area contributed by atoms with E-state index in [1.165, 1.54) is 167 Å². The molecule has 0 aliphatic heterocycles. The summed E-state index contributed by atoms with van der Waals surface area (Å²) in [6.45, 7) is 6.98. The van der Waals surface area contributed by atoms with Crippen molar-refractivity contribution in [2.75, 3.05) is 0 Å². The average molecular weight is 423 g/mol. The van der Waals surface area contributed by atoms with E-state index in [1.54, 1.807) is 0 Å². The van der Waals surface area contributed by atoms with E-state index in [1.807, 2.05) is 0 Å². The van der Waals surface area contributed by atoms with E-state index >= 15 is 0 Å². The minimum absolute atomic E-state index is 1.04. The zero-order valence-electron chi connectivity index (χ0n) is 22.0. The normalized spacial score (nSPS) is 12.5. The van der Waals surface area contributed by atoms with Gasteiger partial charge in [-0.05, 0) is 5.92 Å². The number of hydrogen-bond acceptors (Lipinski definition) is 0. The van der Waals surface area contributed by atoms with Crippen LogP contribution in [0.4, 0.5) is 0 Å². The highest BCUT2D eigenvalue weighted by Gasteiger charge is 2.08. The van der Waals surface area contributed by atoms with Crippen LogP contribution in [-0.4, -0.2) is 0 Å². The second-order valence-electron chi connectivity index (χ2n) is 10.3. The van der Waals surface area contributed by atoms with E-state index < -0.39 is 0 Å². The van der Waals surface area contributed by atoms with E-state index in [-0.39, 0.29) is 0 Å². The van der Waals surface area contributed by atoms with Gasteiger partial charge in [0, 0.05) is 0 Å². The SMILES string of the molecule is CCCCCCCCCCCCCC(CCCC)CCCCCCCCCCCC. The van der Waals surface area contributed by atoms with Gasteiger partial charge in [0.05, 0.1) is 0 Å². The Morgan fingerprint density at radius 1 is 0.267 bits per heavy atom. The molecular weight excluding hydrogens is 360 g/mol. The summed E-state index contributed by atoms with van der Waals surface area (Å²) in [7, 11) is 0. The van der Waals surface area contributed by atoms with Gasteiger partial charge < -0.3 is 0 Å². The summed E-state index contributed by atoms with van der Waals surface area (Å²) >= 11 is 0. The quantitative estimate of drug-likeness (QED) is 0.122. The molecule has 0 fully saturated rings. The van der Waals surface area contributed by atoms with Crippen molar-refractivity contribution in [2.45, 2.75) is 188 Å². The van der Waals surface area contributed by atoms with Crippen molar-refractivity contribution in [3.05, 3.63) is 0 Å². The Hall–Kier alpha value is 0. The smallest absolute Gasteiger partial charge is 0.0414 e. The molecule has 0 aromatic carbocycles. The van der Waals surface area contributed by atoms with Gasteiger partial charge in [-0.1, -0.05) is 188 Å². The Morgan fingerprint density at radius 2 is 0.500 bits per heavy atom. The van der Waals surface area contributed by atoms with Gasteiger partial charge in [0.2, 0.25) is 0 Å². The summed E-state index contributed by atoms with van der Waals surface area (Å²) in [5.74, 6) is 1.04. The molecule has 0 heteroatoms. The molecule has 0 spiro atoms. The van der Waals surface area contributed by atoms with Crippen LogP contribution in [0, 0.1) is 5.92 Å². The topological polar surface area (TPSA) is 0 Å². The number of hydrogen-bond donors (Lipinski definition) is 0. The molecule has 30 heavy (non-hydrogen) atoms. The summed E-state index contributed by atoms with van der Waals surface area (Å²) in [5, 5.41) is 0. The molecule has 182 valence electrons. The third-order valence-electron chi connectivity index (χ3n) is 7.15. The average Bonchev–Trinajstić information content (AvgIpc) is 2.76. The molecule has 1 unspecified atom stereocenters. The van der Waals surface area contributed by atoms with Gasteiger partial charge >= 0.3 is 0 Å². The maximum atomic E-state index is 2.36. The van der Waals surface area contributed by atoms with Crippen LogP contribution in [0.5, 0.6) is 0 Å². The van der Waals surface area contributed by atoms with Crippen LogP contribution < -0.4 is 0 Å². The maximum absolute atomic E-state index is 2.36. The van der Waals surface area contributed by atoms with Gasteiger partial charge in [-0.15, -0.1) is 0 Å². The van der Waals surface area contributed by atoms with Crippen LogP contribution in [0.15, 0.2) is 0 Å². The Morgan fingerprint density at radius 3 is 0.800 bits per heavy atom. The lowest BCUT2D eigenvalue weighted by Gasteiger charge is -2.16. The number of unbranched alkanes of at least 4 members (excludes halogenated alkanes) is 20. The van der Waals surface area contributed by atoms with Crippen molar-refractivity contribution in [1.82, 2.24) is 0 Å². The van der Waals surface area contributed by atoms with Gasteiger partial charge in [-0.3, -0.25) is 0 Å². The molecule has 1 atom stereocenters. The standard InChI is InChI=1S/C30H62/c1-4-7-10-12-14-16-18-20-22-24-26-29-30(27-9-6-3)28-25-23-21-19-17-15-13-11-8-5-2/h30H,4-29H2,1-3H3. The van der Waals surface area contributed by atoms with Crippen LogP contribution in [0.2, 0.25) is 0 Å². The molecule has 0 aromatic heterocycles. The lowest BCUT2D eigenvalue weighted by molar-refractivity contribution is 0.370. The van der Waals surface area contributed by atoms with Crippen molar-refractivity contribution in [3.8, 4) is 0 Å². The minimum atomic E-state index is 1.04. The predicted molar refractivity (Wildman–Crippen MR) is 141 cm³/mol. The summed E-state index contributed by atoms with van der Waals surface area (Å²) in [4.78, 5) is 0. The monoisotopic (exact) mass is 422 g/mol. The number of rotatable bonds is 26. The predicted octanol–water partition coefficient (Wildman–Crippen LogP) is 11.8. The van der Waals surface area contributed by atoms with Gasteiger partial charge in [-0.2, -0.15) is 0 Å². The van der Waals surface area contributed by atoms with Gasteiger partial charge in [-0.25, -0.2) is 0 Å². The molecule has 0 nitrogen and oxygen atoms in total. The fourth-order valence-corrected chi connectivity index (χ4v) is 4.94. The summed E-state index contributed by atoms with van der Waals surface area (Å²) < 4.78 is 0. The first-order chi connectivity index (χ1) is 14.8. The zero-order valence-corrected chi connectivity index (χ0v) is 22.0. The molecule has 0 aromatic rings. The molecular formula is C30H62. The Labute approximate surface area is 193 Å². The molecule has 0 N–H and O–H groups in total. The lowest BCUT2D eigenvalue weighted by Crippen LogP contribution is -2.01. The fourth-order valence-electron chi connectivity index (χ4n) is 4.94. The first kappa shape index (κ1) is 30.0. The highest BCUT2D eigenvalue weighted by atomic mass is 14.1. The van der Waals surface area contributed by atoms with Crippen molar-refractivity contribution >= 4 is 0 Å². The molecule has 0 saturated heterocycles. The van der Waals surface area contributed by atoms with Crippen molar-refractivity contribution in [3.63, 3.8) is 0 Å². The van der Waals surface area contributed by atoms with E-state index in [2.05, 4.69) is 20.8 Å². The van der Waals surface area contributed by atoms with Gasteiger partial charge in [0.15, 0.2) is 0 Å². The Balaban J connectivity index is 3.51. The van der Waals surface area contributed by atoms with Crippen LogP contribution in [0.25, 0.3) is 0 Å². The molecule has 0 radical (unpaired) electrons. The van der Waals surface area contributed by atoms with Crippen LogP contribution in [-0.2, 0) is 0 Å². The Bertz CT molecular complexity index is 282. The summed E-state index contributed by atoms with van der Waals surface area (Å²) in [6, 6.07) is 0. The lowest BCUT2D eigenvalue weighted by atomic mass is 9.90. The summed E-state index contributed by atoms with van der Waals surface area (Å²) in [6.07, 6.45) is 38.3. The molecule has 0 saturated carbocycles. The van der Waals surface area contributed by atoms with Gasteiger partial charge in [0.1, 0.15) is 0 Å². The molecule has 0 bridgehead atoms. The fraction of sp³-hybridized carbons (Fsp3) is 1.00. The van der Waals surface area contributed by atoms with E-state index in [4.69, 9.17) is 0 Å². The van der Waals surface area contributed by atoms with E-state index in [9.17, 15) is 0 Å². The third kappa shape index (κ3) is 24.3. The first-order valence-electron chi connectivity index (χ1n) is 14.8. The van der Waals surface area contributed by atoms with Gasteiger partial charge in [0.25, 0.3) is 0 Å². The van der Waals surface area contributed by atoms with Crippen LogP contribution >= 0.6 is 0 Å². The zero-order chi connectivity index (χ0) is 22.0. The van der Waals surface area contributed by atoms with Crippen molar-refractivity contribution < 1.29 is 0 Å².